The van der Waals surface area contributed by atoms with Gasteiger partial charge in [-0.1, -0.05) is 141 Å². The Morgan fingerprint density at radius 3 is 1.31 bits per heavy atom. The van der Waals surface area contributed by atoms with Gasteiger partial charge < -0.3 is 23.7 Å². The second-order valence-electron chi connectivity index (χ2n) is 16.4. The van der Waals surface area contributed by atoms with E-state index in [2.05, 4.69) is 38.2 Å². The Morgan fingerprint density at radius 1 is 0.556 bits per heavy atom. The summed E-state index contributed by atoms with van der Waals surface area (Å²) in [6.07, 6.45) is 38.6. The number of unbranched alkanes of at least 4 members (excludes halogenated alkanes) is 22. The number of rotatable bonds is 39. The predicted octanol–water partition coefficient (Wildman–Crippen LogP) is 12.1. The van der Waals surface area contributed by atoms with Crippen LogP contribution in [0.3, 0.4) is 0 Å². The van der Waals surface area contributed by atoms with Gasteiger partial charge in [0, 0.05) is 19.3 Å². The Bertz CT molecular complexity index is 990. The first-order valence-corrected chi connectivity index (χ1v) is 23.6. The average Bonchev–Trinajstić information content (AvgIpc) is 3.09. The second-order valence-corrected chi connectivity index (χ2v) is 17.6. The van der Waals surface area contributed by atoms with Crippen molar-refractivity contribution in [2.45, 2.75) is 212 Å². The van der Waals surface area contributed by atoms with Crippen molar-refractivity contribution < 1.29 is 42.4 Å². The van der Waals surface area contributed by atoms with Gasteiger partial charge >= 0.3 is 19.8 Å². The Kier molecular flexibility index (Phi) is 34.9. The summed E-state index contributed by atoms with van der Waals surface area (Å²) in [6, 6.07) is 0. The Labute approximate surface area is 332 Å². The first-order valence-electron chi connectivity index (χ1n) is 22.1. The summed E-state index contributed by atoms with van der Waals surface area (Å²) >= 11 is 0. The van der Waals surface area contributed by atoms with E-state index in [1.807, 2.05) is 21.1 Å². The van der Waals surface area contributed by atoms with E-state index in [4.69, 9.17) is 14.0 Å². The number of hydrogen-bond acceptors (Lipinski definition) is 6. The molecule has 0 aliphatic carbocycles. The van der Waals surface area contributed by atoms with E-state index in [1.54, 1.807) is 0 Å². The summed E-state index contributed by atoms with van der Waals surface area (Å²) in [7, 11) is 0.871. The number of phosphoric acid groups is 1. The van der Waals surface area contributed by atoms with E-state index in [9.17, 15) is 23.9 Å². The third kappa shape index (κ3) is 40.2. The number of carbonyl (C=O) groups excluding carboxylic acids is 2. The summed E-state index contributed by atoms with van der Waals surface area (Å²) in [5, 5.41) is 0. The molecule has 0 saturated carbocycles. The first kappa shape index (κ1) is 52.5. The van der Waals surface area contributed by atoms with Crippen molar-refractivity contribution in [3.63, 3.8) is 0 Å². The van der Waals surface area contributed by atoms with Crippen LogP contribution >= 0.6 is 7.82 Å². The molecular weight excluding hydrogens is 701 g/mol. The highest BCUT2D eigenvalue weighted by molar-refractivity contribution is 7.46. The molecule has 2 unspecified atom stereocenters. The number of esters is 2. The van der Waals surface area contributed by atoms with Gasteiger partial charge in [0.2, 0.25) is 0 Å². The van der Waals surface area contributed by atoms with Crippen molar-refractivity contribution >= 4 is 19.8 Å². The fourth-order valence-electron chi connectivity index (χ4n) is 6.58. The lowest BCUT2D eigenvalue weighted by Gasteiger charge is -2.31. The van der Waals surface area contributed by atoms with Crippen LogP contribution in [0, 0.1) is 0 Å². The van der Waals surface area contributed by atoms with Gasteiger partial charge in [-0.15, -0.1) is 0 Å². The summed E-state index contributed by atoms with van der Waals surface area (Å²) in [5.41, 5.74) is 0. The smallest absolute Gasteiger partial charge is 0.462 e. The minimum absolute atomic E-state index is 0.0133. The molecule has 0 heterocycles. The maximum absolute atomic E-state index is 12.8. The van der Waals surface area contributed by atoms with Crippen molar-refractivity contribution in [3.05, 3.63) is 24.3 Å². The van der Waals surface area contributed by atoms with E-state index in [1.165, 1.54) is 89.9 Å². The lowest BCUT2D eigenvalue weighted by molar-refractivity contribution is -0.873. The van der Waals surface area contributed by atoms with Crippen LogP contribution in [-0.2, 0) is 28.2 Å². The van der Waals surface area contributed by atoms with Crippen molar-refractivity contribution in [1.82, 2.24) is 0 Å². The number of allylic oxidation sites excluding steroid dienone is 4. The molecule has 0 aromatic carbocycles. The number of nitrogens with zero attached hydrogens (tertiary/aromatic N) is 1. The average molecular weight is 787 g/mol. The summed E-state index contributed by atoms with van der Waals surface area (Å²) < 4.78 is 28.5. The van der Waals surface area contributed by atoms with E-state index in [0.29, 0.717) is 10.9 Å². The highest BCUT2D eigenvalue weighted by Gasteiger charge is 2.31. The number of ether oxygens (including phenoxy) is 2. The molecule has 54 heavy (non-hydrogen) atoms. The summed E-state index contributed by atoms with van der Waals surface area (Å²) in [5.74, 6) is -0.754. The molecule has 0 aliphatic rings. The van der Waals surface area contributed by atoms with Gasteiger partial charge in [0.25, 0.3) is 0 Å². The van der Waals surface area contributed by atoms with Crippen molar-refractivity contribution in [2.75, 3.05) is 34.3 Å². The number of quaternary nitrogens is 1. The van der Waals surface area contributed by atoms with Gasteiger partial charge in [-0.05, 0) is 64.2 Å². The molecule has 2 N–H and O–H groups in total. The summed E-state index contributed by atoms with van der Waals surface area (Å²) in [6.45, 7) is 4.60. The van der Waals surface area contributed by atoms with E-state index in [0.717, 1.165) is 70.6 Å². The van der Waals surface area contributed by atoms with E-state index < -0.39 is 26.0 Å². The maximum Gasteiger partial charge on any atom is 0.470 e. The molecule has 318 valence electrons. The van der Waals surface area contributed by atoms with Gasteiger partial charge in [-0.2, -0.15) is 0 Å². The van der Waals surface area contributed by atoms with Crippen LogP contribution in [0.1, 0.15) is 200 Å². The molecule has 0 aliphatic heterocycles. The molecular formula is C44H85NO8P+. The number of carbonyl (C=O) groups is 2. The molecule has 0 fully saturated rings. The molecule has 0 aromatic rings. The largest absolute Gasteiger partial charge is 0.470 e. The molecule has 0 amide bonds. The van der Waals surface area contributed by atoms with Crippen LogP contribution < -0.4 is 0 Å². The minimum atomic E-state index is -4.79. The lowest BCUT2D eigenvalue weighted by atomic mass is 10.1. The van der Waals surface area contributed by atoms with E-state index in [-0.39, 0.29) is 38.4 Å². The molecule has 0 bridgehead atoms. The van der Waals surface area contributed by atoms with E-state index >= 15 is 0 Å². The van der Waals surface area contributed by atoms with Crippen LogP contribution in [0.25, 0.3) is 0 Å². The highest BCUT2D eigenvalue weighted by atomic mass is 31.2. The molecule has 10 heteroatoms. The lowest BCUT2D eigenvalue weighted by Crippen LogP contribution is -2.44. The predicted molar refractivity (Wildman–Crippen MR) is 224 cm³/mol. The van der Waals surface area contributed by atoms with Crippen molar-refractivity contribution in [3.8, 4) is 0 Å². The van der Waals surface area contributed by atoms with Crippen LogP contribution in [-0.4, -0.2) is 72.7 Å². The standard InChI is InChI=1S/C44H84NO8P/c1-6-8-10-12-14-16-18-20-22-24-26-28-30-32-34-36-43(46)51-40-42(38-41(39-45(3,4)5)53-54(48,49)50)52-44(47)37-35-33-31-29-27-25-23-21-19-17-15-13-11-9-7-2/h20-23,41-42H,6-19,24-40H2,1-5H3,(H-,48,49,50)/p+1. The van der Waals surface area contributed by atoms with Gasteiger partial charge in [0.15, 0.2) is 0 Å². The Morgan fingerprint density at radius 2 is 0.926 bits per heavy atom. The monoisotopic (exact) mass is 787 g/mol. The highest BCUT2D eigenvalue weighted by Crippen LogP contribution is 2.39. The molecule has 0 aromatic heterocycles. The quantitative estimate of drug-likeness (QED) is 0.0208. The SMILES string of the molecule is CCCCCCCCC=CCCCCCCCC(=O)OCC(CC(C[N+](C)(C)C)OP(=O)(O)O)OC(=O)CCCCCCCC=CCCCCCCCC. The van der Waals surface area contributed by atoms with Crippen LogP contribution in [0.15, 0.2) is 24.3 Å². The maximum atomic E-state index is 12.8. The zero-order valence-electron chi connectivity index (χ0n) is 35.6. The molecule has 0 saturated heterocycles. The zero-order chi connectivity index (χ0) is 40.2. The van der Waals surface area contributed by atoms with Gasteiger partial charge in [-0.25, -0.2) is 4.57 Å². The third-order valence-corrected chi connectivity index (χ3v) is 10.2. The first-order chi connectivity index (χ1) is 25.9. The topological polar surface area (TPSA) is 119 Å². The van der Waals surface area contributed by atoms with Crippen LogP contribution in [0.2, 0.25) is 0 Å². The molecule has 0 rings (SSSR count). The zero-order valence-corrected chi connectivity index (χ0v) is 36.5. The third-order valence-electron chi connectivity index (χ3n) is 9.58. The fraction of sp³-hybridized carbons (Fsp3) is 0.864. The number of likely N-dealkylation sites (N-methyl/N-ethyl adjacent to an activating group) is 1. The van der Waals surface area contributed by atoms with Gasteiger partial charge in [-0.3, -0.25) is 14.1 Å². The Hall–Kier alpha value is -1.51. The molecule has 0 radical (unpaired) electrons. The number of hydrogen-bond donors (Lipinski definition) is 2. The normalized spacial score (nSPS) is 13.5. The van der Waals surface area contributed by atoms with Crippen LogP contribution in [0.4, 0.5) is 0 Å². The Balaban J connectivity index is 4.53. The van der Waals surface area contributed by atoms with Gasteiger partial charge in [0.1, 0.15) is 25.4 Å². The van der Waals surface area contributed by atoms with Crippen LogP contribution in [0.5, 0.6) is 0 Å². The summed E-state index contributed by atoms with van der Waals surface area (Å²) in [4.78, 5) is 44.5. The minimum Gasteiger partial charge on any atom is -0.462 e. The van der Waals surface area contributed by atoms with Gasteiger partial charge in [0.05, 0.1) is 21.1 Å². The number of phosphoric ester groups is 1. The molecule has 0 spiro atoms. The molecule has 9 nitrogen and oxygen atoms in total. The van der Waals surface area contributed by atoms with Crippen molar-refractivity contribution in [2.24, 2.45) is 0 Å². The van der Waals surface area contributed by atoms with Crippen molar-refractivity contribution in [1.29, 1.82) is 0 Å². The fourth-order valence-corrected chi connectivity index (χ4v) is 7.12. The second kappa shape index (κ2) is 35.9. The molecule has 2 atom stereocenters.